The van der Waals surface area contributed by atoms with Gasteiger partial charge in [-0.2, -0.15) is 0 Å². The van der Waals surface area contributed by atoms with Crippen molar-refractivity contribution in [3.05, 3.63) is 70.6 Å². The van der Waals surface area contributed by atoms with Gasteiger partial charge in [0, 0.05) is 12.3 Å². The van der Waals surface area contributed by atoms with E-state index in [0.29, 0.717) is 0 Å². The van der Waals surface area contributed by atoms with Crippen molar-refractivity contribution in [1.29, 1.82) is 0 Å². The summed E-state index contributed by atoms with van der Waals surface area (Å²) in [4.78, 5) is 36.0. The molecule has 1 heterocycles. The number of pyridine rings is 1. The third-order valence-corrected chi connectivity index (χ3v) is 3.49. The van der Waals surface area contributed by atoms with Crippen LogP contribution in [-0.4, -0.2) is 22.5 Å². The second kappa shape index (κ2) is 8.82. The fourth-order valence-corrected chi connectivity index (χ4v) is 2.40. The normalized spacial score (nSPS) is 11.8. The summed E-state index contributed by atoms with van der Waals surface area (Å²) in [6.45, 7) is 3.44. The van der Waals surface area contributed by atoms with Crippen LogP contribution in [0.4, 0.5) is 0 Å². The van der Waals surface area contributed by atoms with Gasteiger partial charge < -0.3 is 14.6 Å². The molecule has 0 fully saturated rings. The van der Waals surface area contributed by atoms with Crippen LogP contribution in [0, 0.1) is 0 Å². The first-order valence-electron chi connectivity index (χ1n) is 8.15. The lowest BCUT2D eigenvalue weighted by atomic mass is 10.0. The van der Waals surface area contributed by atoms with E-state index in [4.69, 9.17) is 4.74 Å². The standard InChI is InChI=1S/C19H22N2O4/c1-14(2)25-19(24)12-16(15-8-4-3-5-9-15)20-17(22)13-21-11-7-6-10-18(21)23/h3-11,14,16H,12-13H2,1-2H3,(H,20,22). The number of nitrogens with zero attached hydrogens (tertiary/aromatic N) is 1. The van der Waals surface area contributed by atoms with Crippen LogP contribution >= 0.6 is 0 Å². The molecule has 1 atom stereocenters. The van der Waals surface area contributed by atoms with E-state index in [9.17, 15) is 14.4 Å². The zero-order valence-corrected chi connectivity index (χ0v) is 14.3. The molecular formula is C19H22N2O4. The fraction of sp³-hybridized carbons (Fsp3) is 0.316. The molecule has 0 radical (unpaired) electrons. The van der Waals surface area contributed by atoms with Gasteiger partial charge in [0.1, 0.15) is 6.54 Å². The van der Waals surface area contributed by atoms with E-state index in [1.807, 2.05) is 30.3 Å². The lowest BCUT2D eigenvalue weighted by Crippen LogP contribution is -2.35. The van der Waals surface area contributed by atoms with Crippen LogP contribution in [0.25, 0.3) is 0 Å². The smallest absolute Gasteiger partial charge is 0.308 e. The maximum Gasteiger partial charge on any atom is 0.308 e. The highest BCUT2D eigenvalue weighted by Gasteiger charge is 2.20. The van der Waals surface area contributed by atoms with Gasteiger partial charge in [-0.05, 0) is 25.5 Å². The Morgan fingerprint density at radius 3 is 2.40 bits per heavy atom. The predicted octanol–water partition coefficient (Wildman–Crippen LogP) is 2.05. The third kappa shape index (κ3) is 5.91. The van der Waals surface area contributed by atoms with Gasteiger partial charge in [0.25, 0.3) is 5.56 Å². The summed E-state index contributed by atoms with van der Waals surface area (Å²) in [6, 6.07) is 13.4. The molecule has 1 aromatic carbocycles. The zero-order chi connectivity index (χ0) is 18.2. The minimum atomic E-state index is -0.514. The van der Waals surface area contributed by atoms with E-state index >= 15 is 0 Å². The summed E-state index contributed by atoms with van der Waals surface area (Å²) in [5.41, 5.74) is 0.546. The summed E-state index contributed by atoms with van der Waals surface area (Å²) in [5.74, 6) is -0.736. The van der Waals surface area contributed by atoms with E-state index in [-0.39, 0.29) is 36.5 Å². The summed E-state index contributed by atoms with van der Waals surface area (Å²) in [5, 5.41) is 2.81. The number of esters is 1. The third-order valence-electron chi connectivity index (χ3n) is 3.49. The molecular weight excluding hydrogens is 320 g/mol. The number of hydrogen-bond donors (Lipinski definition) is 1. The molecule has 132 valence electrons. The average molecular weight is 342 g/mol. The Bertz CT molecular complexity index is 768. The van der Waals surface area contributed by atoms with Gasteiger partial charge in [-0.25, -0.2) is 0 Å². The second-order valence-corrected chi connectivity index (χ2v) is 5.94. The monoisotopic (exact) mass is 342 g/mol. The van der Waals surface area contributed by atoms with Crippen molar-refractivity contribution in [3.63, 3.8) is 0 Å². The van der Waals surface area contributed by atoms with Gasteiger partial charge in [-0.3, -0.25) is 14.4 Å². The molecule has 25 heavy (non-hydrogen) atoms. The fourth-order valence-electron chi connectivity index (χ4n) is 2.40. The number of ether oxygens (including phenoxy) is 1. The number of carbonyl (C=O) groups is 2. The van der Waals surface area contributed by atoms with Crippen LogP contribution in [0.5, 0.6) is 0 Å². The molecule has 1 amide bonds. The van der Waals surface area contributed by atoms with Crippen LogP contribution < -0.4 is 10.9 Å². The molecule has 2 rings (SSSR count). The highest BCUT2D eigenvalue weighted by molar-refractivity contribution is 5.78. The van der Waals surface area contributed by atoms with Crippen LogP contribution in [0.3, 0.4) is 0 Å². The number of rotatable bonds is 7. The molecule has 0 aliphatic carbocycles. The van der Waals surface area contributed by atoms with Gasteiger partial charge in [-0.1, -0.05) is 36.4 Å². The molecule has 0 spiro atoms. The molecule has 0 aliphatic rings. The SMILES string of the molecule is CC(C)OC(=O)CC(NC(=O)Cn1ccccc1=O)c1ccccc1. The van der Waals surface area contributed by atoms with Crippen molar-refractivity contribution < 1.29 is 14.3 Å². The molecule has 0 saturated carbocycles. The predicted molar refractivity (Wildman–Crippen MR) is 93.9 cm³/mol. The molecule has 1 unspecified atom stereocenters. The zero-order valence-electron chi connectivity index (χ0n) is 14.3. The topological polar surface area (TPSA) is 77.4 Å². The molecule has 0 aliphatic heterocycles. The summed E-state index contributed by atoms with van der Waals surface area (Å²) in [7, 11) is 0. The highest BCUT2D eigenvalue weighted by atomic mass is 16.5. The summed E-state index contributed by atoms with van der Waals surface area (Å²) >= 11 is 0. The lowest BCUT2D eigenvalue weighted by Gasteiger charge is -2.19. The van der Waals surface area contributed by atoms with E-state index in [1.165, 1.54) is 10.6 Å². The molecule has 1 N–H and O–H groups in total. The summed E-state index contributed by atoms with van der Waals surface area (Å²) < 4.78 is 6.49. The van der Waals surface area contributed by atoms with Crippen LogP contribution in [0.2, 0.25) is 0 Å². The van der Waals surface area contributed by atoms with Gasteiger partial charge >= 0.3 is 5.97 Å². The number of nitrogens with one attached hydrogen (secondary N) is 1. The van der Waals surface area contributed by atoms with E-state index < -0.39 is 6.04 Å². The van der Waals surface area contributed by atoms with Crippen molar-refractivity contribution in [3.8, 4) is 0 Å². The van der Waals surface area contributed by atoms with Crippen LogP contribution in [-0.2, 0) is 20.9 Å². The summed E-state index contributed by atoms with van der Waals surface area (Å²) in [6.07, 6.45) is 1.35. The first-order valence-corrected chi connectivity index (χ1v) is 8.15. The van der Waals surface area contributed by atoms with Gasteiger partial charge in [-0.15, -0.1) is 0 Å². The van der Waals surface area contributed by atoms with Crippen molar-refractivity contribution in [2.45, 2.75) is 39.0 Å². The number of carbonyl (C=O) groups excluding carboxylic acids is 2. The van der Waals surface area contributed by atoms with E-state index in [1.54, 1.807) is 32.2 Å². The van der Waals surface area contributed by atoms with E-state index in [2.05, 4.69) is 5.32 Å². The Kier molecular flexibility index (Phi) is 6.51. The first kappa shape index (κ1) is 18.4. The molecule has 2 aromatic rings. The first-order chi connectivity index (χ1) is 12.0. The Morgan fingerprint density at radius 1 is 1.08 bits per heavy atom. The lowest BCUT2D eigenvalue weighted by molar-refractivity contribution is -0.148. The Morgan fingerprint density at radius 2 is 1.76 bits per heavy atom. The minimum absolute atomic E-state index is 0.0254. The van der Waals surface area contributed by atoms with Gasteiger partial charge in [0.15, 0.2) is 0 Å². The number of aromatic nitrogens is 1. The minimum Gasteiger partial charge on any atom is -0.463 e. The maximum atomic E-state index is 12.3. The van der Waals surface area contributed by atoms with E-state index in [0.717, 1.165) is 5.56 Å². The quantitative estimate of drug-likeness (QED) is 0.781. The molecule has 0 saturated heterocycles. The molecule has 6 nitrogen and oxygen atoms in total. The highest BCUT2D eigenvalue weighted by Crippen LogP contribution is 2.17. The van der Waals surface area contributed by atoms with Crippen LogP contribution in [0.15, 0.2) is 59.5 Å². The van der Waals surface area contributed by atoms with Crippen molar-refractivity contribution in [2.24, 2.45) is 0 Å². The molecule has 6 heteroatoms. The van der Waals surface area contributed by atoms with Crippen molar-refractivity contribution in [1.82, 2.24) is 9.88 Å². The van der Waals surface area contributed by atoms with Gasteiger partial charge in [0.05, 0.1) is 18.6 Å². The maximum absolute atomic E-state index is 12.3. The second-order valence-electron chi connectivity index (χ2n) is 5.94. The molecule has 0 bridgehead atoms. The van der Waals surface area contributed by atoms with Crippen molar-refractivity contribution >= 4 is 11.9 Å². The van der Waals surface area contributed by atoms with Crippen LogP contribution in [0.1, 0.15) is 31.9 Å². The van der Waals surface area contributed by atoms with Gasteiger partial charge in [0.2, 0.25) is 5.91 Å². The number of benzene rings is 1. The molecule has 1 aromatic heterocycles. The average Bonchev–Trinajstić information content (AvgIpc) is 2.56. The largest absolute Gasteiger partial charge is 0.463 e. The Hall–Kier alpha value is -2.89. The number of amides is 1. The Balaban J connectivity index is 2.10. The van der Waals surface area contributed by atoms with Crippen molar-refractivity contribution in [2.75, 3.05) is 0 Å². The Labute approximate surface area is 146 Å². The number of hydrogen-bond acceptors (Lipinski definition) is 4.